The molecule has 0 heterocycles. The van der Waals surface area contributed by atoms with Gasteiger partial charge >= 0.3 is 11.9 Å². The average molecular weight is 779 g/mol. The highest BCUT2D eigenvalue weighted by molar-refractivity contribution is 5.89. The van der Waals surface area contributed by atoms with Crippen LogP contribution in [0, 0.1) is 10.8 Å². The Morgan fingerprint density at radius 1 is 0.542 bits per heavy atom. The molecule has 4 atom stereocenters. The fraction of sp³-hybridized carbons (Fsp3) is 0.208. The monoisotopic (exact) mass is 778 g/mol. The van der Waals surface area contributed by atoms with Crippen molar-refractivity contribution in [1.29, 1.82) is 0 Å². The quantitative estimate of drug-likeness (QED) is 0.133. The first-order valence-corrected chi connectivity index (χ1v) is 20.3. The molecule has 0 saturated heterocycles. The molecule has 6 aromatic carbocycles. The summed E-state index contributed by atoms with van der Waals surface area (Å²) in [6, 6.07) is 47.9. The molecule has 0 fully saturated rings. The maximum absolute atomic E-state index is 11.8. The lowest BCUT2D eigenvalue weighted by atomic mass is 9.70. The highest BCUT2D eigenvalue weighted by Crippen LogP contribution is 2.56. The van der Waals surface area contributed by atoms with Crippen LogP contribution < -0.4 is 0 Å². The molecule has 0 spiro atoms. The van der Waals surface area contributed by atoms with Crippen molar-refractivity contribution >= 4 is 24.1 Å². The Balaban J connectivity index is 0.000000152. The van der Waals surface area contributed by atoms with Crippen molar-refractivity contribution in [3.05, 3.63) is 224 Å². The highest BCUT2D eigenvalue weighted by atomic mass is 16.5. The first kappa shape index (κ1) is 38.2. The van der Waals surface area contributed by atoms with Gasteiger partial charge in [-0.2, -0.15) is 0 Å². The topological polar surface area (TPSA) is 104 Å². The van der Waals surface area contributed by atoms with Crippen molar-refractivity contribution in [3.8, 4) is 0 Å². The van der Waals surface area contributed by atoms with Crippen molar-refractivity contribution in [3.63, 3.8) is 0 Å². The van der Waals surface area contributed by atoms with Gasteiger partial charge in [-0.1, -0.05) is 145 Å². The maximum Gasteiger partial charge on any atom is 0.337 e. The molecule has 6 nitrogen and oxygen atoms in total. The number of carboxylic acids is 1. The number of aliphatic hydroxyl groups excluding tert-OH is 2. The van der Waals surface area contributed by atoms with Gasteiger partial charge in [0.2, 0.25) is 0 Å². The number of carboxylic acid groups (broad SMARTS) is 1. The normalized spacial score (nSPS) is 21.9. The van der Waals surface area contributed by atoms with E-state index in [1.54, 1.807) is 24.3 Å². The third-order valence-electron chi connectivity index (χ3n) is 13.2. The summed E-state index contributed by atoms with van der Waals surface area (Å²) < 4.78 is 4.82. The predicted molar refractivity (Wildman–Crippen MR) is 230 cm³/mol. The van der Waals surface area contributed by atoms with Crippen LogP contribution in [0.25, 0.3) is 12.2 Å². The van der Waals surface area contributed by atoms with Crippen LogP contribution in [0.5, 0.6) is 0 Å². The number of benzene rings is 6. The minimum absolute atomic E-state index is 0.283. The van der Waals surface area contributed by atoms with E-state index >= 15 is 0 Å². The van der Waals surface area contributed by atoms with E-state index in [0.29, 0.717) is 18.4 Å². The zero-order valence-corrected chi connectivity index (χ0v) is 33.0. The number of hydrogen-bond acceptors (Lipinski definition) is 5. The number of rotatable bonds is 8. The Bertz CT molecular complexity index is 2640. The number of methoxy groups -OCH3 is 1. The second kappa shape index (κ2) is 15.4. The summed E-state index contributed by atoms with van der Waals surface area (Å²) in [4.78, 5) is 23.0. The molecule has 0 aliphatic heterocycles. The van der Waals surface area contributed by atoms with E-state index in [9.17, 15) is 24.9 Å². The summed E-state index contributed by atoms with van der Waals surface area (Å²) in [6.45, 7) is 0. The van der Waals surface area contributed by atoms with Gasteiger partial charge in [-0.05, 0) is 118 Å². The molecule has 294 valence electrons. The van der Waals surface area contributed by atoms with Crippen molar-refractivity contribution in [2.24, 2.45) is 10.8 Å². The molecule has 3 N–H and O–H groups in total. The van der Waals surface area contributed by atoms with Gasteiger partial charge in [0.25, 0.3) is 0 Å². The van der Waals surface area contributed by atoms with Gasteiger partial charge in [0.05, 0.1) is 30.4 Å². The van der Waals surface area contributed by atoms with Crippen LogP contribution in [0.4, 0.5) is 0 Å². The molecular weight excluding hydrogens is 733 g/mol. The lowest BCUT2D eigenvalue weighted by molar-refractivity contribution is 0.0598. The number of esters is 1. The number of ether oxygens (including phenoxy) is 1. The maximum atomic E-state index is 11.8. The third-order valence-corrected chi connectivity index (χ3v) is 13.2. The second-order valence-electron chi connectivity index (χ2n) is 16.5. The summed E-state index contributed by atoms with van der Waals surface area (Å²) in [5, 5.41) is 32.3. The summed E-state index contributed by atoms with van der Waals surface area (Å²) in [5.74, 6) is -1.26. The van der Waals surface area contributed by atoms with Crippen molar-refractivity contribution < 1.29 is 29.6 Å². The Hall–Kier alpha value is -6.34. The van der Waals surface area contributed by atoms with Gasteiger partial charge in [0.1, 0.15) is 0 Å². The SMILES string of the molecule is COC(=O)c1ccc(CC2(C3=Cc4ccccc4C3)Cc3ccccc3C2O)cc1.O=C(O)c1ccc(CC2(C3=Cc4ccccc4C3)Cc3ccccc3C2O)cc1. The highest BCUT2D eigenvalue weighted by Gasteiger charge is 2.50. The van der Waals surface area contributed by atoms with Gasteiger partial charge in [-0.25, -0.2) is 9.59 Å². The molecule has 0 radical (unpaired) electrons. The van der Waals surface area contributed by atoms with Crippen LogP contribution in [0.2, 0.25) is 0 Å². The molecule has 6 aromatic rings. The zero-order valence-electron chi connectivity index (χ0n) is 33.0. The van der Waals surface area contributed by atoms with Crippen LogP contribution in [-0.2, 0) is 43.3 Å². The molecule has 0 bridgehead atoms. The van der Waals surface area contributed by atoms with E-state index in [4.69, 9.17) is 4.74 Å². The summed E-state index contributed by atoms with van der Waals surface area (Å²) >= 11 is 0. The number of aromatic carboxylic acids is 1. The first-order valence-electron chi connectivity index (χ1n) is 20.3. The van der Waals surface area contributed by atoms with E-state index in [1.165, 1.54) is 51.6 Å². The molecule has 0 amide bonds. The third kappa shape index (κ3) is 6.92. The lowest BCUT2D eigenvalue weighted by Crippen LogP contribution is -2.31. The van der Waals surface area contributed by atoms with E-state index in [-0.39, 0.29) is 11.5 Å². The van der Waals surface area contributed by atoms with Gasteiger partial charge in [0, 0.05) is 10.8 Å². The molecule has 4 aliphatic carbocycles. The fourth-order valence-electron chi connectivity index (χ4n) is 10.1. The molecule has 6 heteroatoms. The minimum Gasteiger partial charge on any atom is -0.478 e. The molecule has 59 heavy (non-hydrogen) atoms. The van der Waals surface area contributed by atoms with E-state index in [2.05, 4.69) is 72.8 Å². The fourth-order valence-corrected chi connectivity index (χ4v) is 10.1. The van der Waals surface area contributed by atoms with E-state index < -0.39 is 29.0 Å². The Kier molecular flexibility index (Phi) is 10.00. The molecule has 10 rings (SSSR count). The number of aliphatic hydroxyl groups is 2. The molecule has 4 unspecified atom stereocenters. The number of fused-ring (bicyclic) bond motifs is 4. The van der Waals surface area contributed by atoms with E-state index in [0.717, 1.165) is 47.9 Å². The first-order chi connectivity index (χ1) is 28.7. The second-order valence-corrected chi connectivity index (χ2v) is 16.5. The van der Waals surface area contributed by atoms with Gasteiger partial charge in [-0.3, -0.25) is 0 Å². The molecular formula is C53H46O6. The van der Waals surface area contributed by atoms with Crippen LogP contribution in [0.1, 0.15) is 88.6 Å². The standard InChI is InChI=1S/C27H24O3.C26H22O3/c1-30-26(29)19-12-10-18(11-13-19)16-27(17-22-8-4-5-9-24(22)25(27)28)23-14-20-6-2-3-7-21(20)15-23;27-24-23-8-4-3-7-21(23)16-26(24,15-17-9-11-18(12-10-17)25(28)29)22-13-19-5-1-2-6-20(19)14-22/h2-14,25,28H,15-17H2,1H3;1-13,24,27H,14-16H2,(H,28,29). The Labute approximate surface area is 344 Å². The number of carbonyl (C=O) groups is 2. The number of carbonyl (C=O) groups excluding carboxylic acids is 1. The Morgan fingerprint density at radius 3 is 1.32 bits per heavy atom. The van der Waals surface area contributed by atoms with Crippen molar-refractivity contribution in [1.82, 2.24) is 0 Å². The van der Waals surface area contributed by atoms with Crippen molar-refractivity contribution in [2.75, 3.05) is 7.11 Å². The number of hydrogen-bond donors (Lipinski definition) is 3. The zero-order chi connectivity index (χ0) is 40.7. The van der Waals surface area contributed by atoms with Crippen LogP contribution in [0.15, 0.2) is 157 Å². The molecule has 0 aromatic heterocycles. The summed E-state index contributed by atoms with van der Waals surface area (Å²) in [5.41, 5.74) is 14.2. The minimum atomic E-state index is -0.923. The van der Waals surface area contributed by atoms with Crippen molar-refractivity contribution in [2.45, 2.75) is 50.7 Å². The van der Waals surface area contributed by atoms with Gasteiger partial charge in [-0.15, -0.1) is 0 Å². The van der Waals surface area contributed by atoms with E-state index in [1.807, 2.05) is 60.7 Å². The smallest absolute Gasteiger partial charge is 0.337 e. The predicted octanol–water partition coefficient (Wildman–Crippen LogP) is 9.77. The van der Waals surface area contributed by atoms with Crippen LogP contribution >= 0.6 is 0 Å². The van der Waals surface area contributed by atoms with Crippen LogP contribution in [0.3, 0.4) is 0 Å². The molecule has 0 saturated carbocycles. The lowest BCUT2D eigenvalue weighted by Gasteiger charge is -2.35. The van der Waals surface area contributed by atoms with Crippen LogP contribution in [-0.4, -0.2) is 34.4 Å². The van der Waals surface area contributed by atoms with Gasteiger partial charge in [0.15, 0.2) is 0 Å². The summed E-state index contributed by atoms with van der Waals surface area (Å²) in [7, 11) is 1.39. The molecule has 4 aliphatic rings. The summed E-state index contributed by atoms with van der Waals surface area (Å²) in [6.07, 6.45) is 8.05. The van der Waals surface area contributed by atoms with Gasteiger partial charge < -0.3 is 20.1 Å². The Morgan fingerprint density at radius 2 is 0.932 bits per heavy atom. The average Bonchev–Trinajstić information content (AvgIpc) is 4.04. The largest absolute Gasteiger partial charge is 0.478 e.